The van der Waals surface area contributed by atoms with Gasteiger partial charge in [0.05, 0.1) is 0 Å². The van der Waals surface area contributed by atoms with Gasteiger partial charge in [0.2, 0.25) is 0 Å². The third kappa shape index (κ3) is 3.51. The van der Waals surface area contributed by atoms with E-state index in [4.69, 9.17) is 21.2 Å². The molecule has 0 saturated heterocycles. The Morgan fingerprint density at radius 2 is 1.88 bits per heavy atom. The summed E-state index contributed by atoms with van der Waals surface area (Å²) in [6.07, 6.45) is 6.30. The zero-order valence-electron chi connectivity index (χ0n) is 18.1. The predicted octanol–water partition coefficient (Wildman–Crippen LogP) is 3.99. The molecular weight excluding hydrogens is 423 g/mol. The van der Waals surface area contributed by atoms with E-state index in [-0.39, 0.29) is 5.92 Å². The van der Waals surface area contributed by atoms with Gasteiger partial charge in [0.25, 0.3) is 0 Å². The van der Waals surface area contributed by atoms with Crippen LogP contribution in [-0.2, 0) is 10.3 Å². The molecule has 1 N–H and O–H groups in total. The molecule has 0 spiro atoms. The molecule has 5 rings (SSSR count). The number of fused-ring (bicyclic) bond motifs is 3. The van der Waals surface area contributed by atoms with Crippen LogP contribution in [0, 0.1) is 0 Å². The quantitative estimate of drug-likeness (QED) is 0.482. The van der Waals surface area contributed by atoms with Crippen LogP contribution in [0.15, 0.2) is 55.0 Å². The molecule has 6 nitrogen and oxygen atoms in total. The second kappa shape index (κ2) is 7.83. The molecule has 3 aromatic heterocycles. The van der Waals surface area contributed by atoms with E-state index < -0.39 is 5.60 Å². The minimum atomic E-state index is -1.08. The topological polar surface area (TPSA) is 72.5 Å². The molecule has 0 fully saturated rings. The summed E-state index contributed by atoms with van der Waals surface area (Å²) in [5.41, 5.74) is 5.74. The Hall–Kier alpha value is -3.03. The summed E-state index contributed by atoms with van der Waals surface area (Å²) in [6, 6.07) is 11.9. The number of aliphatic hydroxyl groups is 1. The van der Waals surface area contributed by atoms with Crippen molar-refractivity contribution in [1.82, 2.24) is 19.4 Å². The summed E-state index contributed by atoms with van der Waals surface area (Å²) in [6.45, 7) is 3.34. The number of imidazole rings is 1. The third-order valence-corrected chi connectivity index (χ3v) is 6.13. The van der Waals surface area contributed by atoms with E-state index in [9.17, 15) is 5.11 Å². The van der Waals surface area contributed by atoms with Gasteiger partial charge in [0.15, 0.2) is 0 Å². The van der Waals surface area contributed by atoms with E-state index >= 15 is 0 Å². The van der Waals surface area contributed by atoms with Crippen LogP contribution in [0.5, 0.6) is 0 Å². The average Bonchev–Trinajstić information content (AvgIpc) is 3.31. The summed E-state index contributed by atoms with van der Waals surface area (Å²) in [5, 5.41) is 10.9. The first-order valence-electron chi connectivity index (χ1n) is 10.4. The van der Waals surface area contributed by atoms with Gasteiger partial charge in [-0.2, -0.15) is 0 Å². The van der Waals surface area contributed by atoms with Crippen LogP contribution in [0.2, 0.25) is 5.02 Å². The fourth-order valence-corrected chi connectivity index (χ4v) is 4.54. The Labute approximate surface area is 191 Å². The van der Waals surface area contributed by atoms with Crippen molar-refractivity contribution in [1.29, 1.82) is 0 Å². The molecule has 160 valence electrons. The van der Waals surface area contributed by atoms with E-state index in [0.29, 0.717) is 5.82 Å². The molecule has 0 bridgehead atoms. The van der Waals surface area contributed by atoms with E-state index in [1.807, 2.05) is 30.3 Å². The molecule has 1 atom stereocenters. The van der Waals surface area contributed by atoms with Crippen LogP contribution in [0.4, 0.5) is 0 Å². The van der Waals surface area contributed by atoms with Gasteiger partial charge >= 0.3 is 192 Å². The molecule has 0 aliphatic heterocycles. The fraction of sp³-hybridized carbons (Fsp3) is 0.250. The second-order valence-electron chi connectivity index (χ2n) is 8.50. The summed E-state index contributed by atoms with van der Waals surface area (Å²) >= 11 is 6.58. The molecular formula is C24H22BClN4O2. The number of nitrogens with zero attached hydrogens (tertiary/aromatic N) is 4. The number of aromatic nitrogens is 4. The Bertz CT molecular complexity index is 1340. The normalized spacial score (nSPS) is 16.9. The third-order valence-electron chi connectivity index (χ3n) is 5.79. The summed E-state index contributed by atoms with van der Waals surface area (Å²) in [5.74, 6) is 0.457. The zero-order valence-corrected chi connectivity index (χ0v) is 18.8. The molecule has 32 heavy (non-hydrogen) atoms. The molecule has 4 aromatic rings. The molecule has 3 heterocycles. The van der Waals surface area contributed by atoms with Gasteiger partial charge in [-0.25, -0.2) is 0 Å². The molecule has 0 saturated carbocycles. The first-order chi connectivity index (χ1) is 15.4. The van der Waals surface area contributed by atoms with E-state index in [1.54, 1.807) is 40.5 Å². The number of halogens is 1. The first-order valence-corrected chi connectivity index (χ1v) is 10.8. The van der Waals surface area contributed by atoms with Crippen LogP contribution in [0.3, 0.4) is 0 Å². The zero-order chi connectivity index (χ0) is 22.5. The average molecular weight is 445 g/mol. The summed E-state index contributed by atoms with van der Waals surface area (Å²) in [7, 11) is 3.42. The van der Waals surface area contributed by atoms with Gasteiger partial charge in [0.1, 0.15) is 0 Å². The van der Waals surface area contributed by atoms with Crippen LogP contribution < -0.4 is 0 Å². The molecule has 0 amide bonds. The SMILES string of the molecule is COB=C1CC(c2ccccc2Cl)c2c1nc1ccc(-c3cnc(C(C)(C)O)nc3)cn21. The van der Waals surface area contributed by atoms with Gasteiger partial charge in [-0.3, -0.25) is 0 Å². The molecule has 8 heteroatoms. The molecule has 0 radical (unpaired) electrons. The van der Waals surface area contributed by atoms with E-state index in [2.05, 4.69) is 26.6 Å². The number of hydrogen-bond donors (Lipinski definition) is 1. The minimum absolute atomic E-state index is 0.0687. The fourth-order valence-electron chi connectivity index (χ4n) is 4.27. The molecule has 1 unspecified atom stereocenters. The van der Waals surface area contributed by atoms with Crippen molar-refractivity contribution in [3.8, 4) is 11.1 Å². The second-order valence-corrected chi connectivity index (χ2v) is 8.91. The standard InChI is InChI=1S/C24H22BClN4O2/c1-24(2,31)23-27-11-15(12-28-23)14-8-9-20-29-21-18(25-32-3)10-17(22(21)30(20)13-14)16-6-4-5-7-19(16)26/h4-9,11-13,17,31H,10H2,1-3H3. The van der Waals surface area contributed by atoms with Crippen molar-refractivity contribution in [3.05, 3.63) is 82.8 Å². The summed E-state index contributed by atoms with van der Waals surface area (Å²) < 4.78 is 7.47. The Balaban J connectivity index is 1.65. The Morgan fingerprint density at radius 3 is 2.56 bits per heavy atom. The van der Waals surface area contributed by atoms with Crippen molar-refractivity contribution in [2.75, 3.05) is 7.11 Å². The van der Waals surface area contributed by atoms with Crippen LogP contribution >= 0.6 is 11.6 Å². The van der Waals surface area contributed by atoms with Gasteiger partial charge in [-0.1, -0.05) is 0 Å². The van der Waals surface area contributed by atoms with Crippen LogP contribution in [-0.4, -0.2) is 44.2 Å². The van der Waals surface area contributed by atoms with E-state index in [0.717, 1.165) is 50.6 Å². The number of benzene rings is 1. The Morgan fingerprint density at radius 1 is 1.12 bits per heavy atom. The monoisotopic (exact) mass is 444 g/mol. The van der Waals surface area contributed by atoms with Gasteiger partial charge < -0.3 is 0 Å². The summed E-state index contributed by atoms with van der Waals surface area (Å²) in [4.78, 5) is 13.6. The van der Waals surface area contributed by atoms with E-state index in [1.165, 1.54) is 0 Å². The maximum atomic E-state index is 10.1. The van der Waals surface area contributed by atoms with Gasteiger partial charge in [-0.15, -0.1) is 0 Å². The van der Waals surface area contributed by atoms with Crippen molar-refractivity contribution < 1.29 is 9.76 Å². The number of pyridine rings is 1. The number of hydrogen-bond acceptors (Lipinski definition) is 5. The molecule has 1 aromatic carbocycles. The number of rotatable bonds is 4. The van der Waals surface area contributed by atoms with Crippen LogP contribution in [0.25, 0.3) is 16.8 Å². The van der Waals surface area contributed by atoms with Gasteiger partial charge in [-0.05, 0) is 0 Å². The predicted molar refractivity (Wildman–Crippen MR) is 126 cm³/mol. The molecule has 1 aliphatic carbocycles. The van der Waals surface area contributed by atoms with Crippen LogP contribution in [0.1, 0.15) is 49.0 Å². The van der Waals surface area contributed by atoms with Crippen molar-refractivity contribution in [3.63, 3.8) is 0 Å². The van der Waals surface area contributed by atoms with Crippen molar-refractivity contribution in [2.45, 2.75) is 31.8 Å². The van der Waals surface area contributed by atoms with Crippen molar-refractivity contribution >= 4 is 29.8 Å². The van der Waals surface area contributed by atoms with Crippen molar-refractivity contribution in [2.24, 2.45) is 0 Å². The maximum absolute atomic E-state index is 10.1. The Kier molecular flexibility index (Phi) is 5.11. The molecule has 1 aliphatic rings. The first kappa shape index (κ1) is 20.9. The van der Waals surface area contributed by atoms with Gasteiger partial charge in [0, 0.05) is 0 Å².